The summed E-state index contributed by atoms with van der Waals surface area (Å²) in [6, 6.07) is 17.0. The molecule has 0 bridgehead atoms. The molecule has 22 heavy (non-hydrogen) atoms. The number of benzene rings is 2. The molecule has 0 radical (unpaired) electrons. The van der Waals surface area contributed by atoms with Crippen LogP contribution in [0.2, 0.25) is 0 Å². The van der Waals surface area contributed by atoms with Gasteiger partial charge >= 0.3 is 6.09 Å². The fourth-order valence-electron chi connectivity index (χ4n) is 2.13. The number of hydrogen-bond acceptors (Lipinski definition) is 4. The highest BCUT2D eigenvalue weighted by molar-refractivity contribution is 7.80. The van der Waals surface area contributed by atoms with Gasteiger partial charge in [0.1, 0.15) is 0 Å². The number of carboxylic acid groups (broad SMARTS) is 1. The van der Waals surface area contributed by atoms with Crippen LogP contribution >= 0.6 is 0 Å². The zero-order valence-corrected chi connectivity index (χ0v) is 11.8. The van der Waals surface area contributed by atoms with Crippen LogP contribution in [0.4, 0.5) is 8.68 Å². The fourth-order valence-corrected chi connectivity index (χ4v) is 2.13. The summed E-state index contributed by atoms with van der Waals surface area (Å²) in [6.45, 7) is 0. The summed E-state index contributed by atoms with van der Waals surface area (Å²) in [7, 11) is -5.42. The zero-order chi connectivity index (χ0) is 16.3. The van der Waals surface area contributed by atoms with Crippen molar-refractivity contribution in [2.24, 2.45) is 0 Å². The molecule has 0 aliphatic carbocycles. The van der Waals surface area contributed by atoms with Crippen LogP contribution in [0.25, 0.3) is 21.8 Å². The van der Waals surface area contributed by atoms with E-state index in [0.29, 0.717) is 11.0 Å². The van der Waals surface area contributed by atoms with E-state index in [1.165, 1.54) is 4.57 Å². The molecule has 1 aromatic heterocycles. The predicted molar refractivity (Wildman–Crippen MR) is 75.9 cm³/mol. The predicted octanol–water partition coefficient (Wildman–Crippen LogP) is 2.22. The maximum Gasteiger partial charge on any atom is 0.600 e. The molecule has 0 spiro atoms. The number of aromatic nitrogens is 1. The van der Waals surface area contributed by atoms with E-state index in [-0.39, 0.29) is 0 Å². The highest BCUT2D eigenvalue weighted by Crippen LogP contribution is 2.17. The number of halogens is 1. The number of hydrogen-bond donors (Lipinski definition) is 1. The summed E-state index contributed by atoms with van der Waals surface area (Å²) in [5, 5.41) is 11.2. The Morgan fingerprint density at radius 1 is 1.00 bits per heavy atom. The van der Waals surface area contributed by atoms with Crippen LogP contribution in [0.5, 0.6) is 0 Å². The lowest BCUT2D eigenvalue weighted by molar-refractivity contribution is -0.528. The van der Waals surface area contributed by atoms with E-state index >= 15 is 0 Å². The molecule has 0 aliphatic heterocycles. The van der Waals surface area contributed by atoms with Crippen LogP contribution < -0.4 is 4.57 Å². The Labute approximate surface area is 125 Å². The van der Waals surface area contributed by atoms with Crippen molar-refractivity contribution >= 4 is 38.4 Å². The molecule has 8 heteroatoms. The number of pyridine rings is 1. The third-order valence-corrected chi connectivity index (χ3v) is 2.86. The number of carbonyl (C=O) groups is 1. The molecule has 3 rings (SSSR count). The van der Waals surface area contributed by atoms with E-state index in [1.807, 2.05) is 54.6 Å². The molecule has 3 aromatic rings. The van der Waals surface area contributed by atoms with Gasteiger partial charge in [0.2, 0.25) is 11.0 Å². The SMILES string of the molecule is O=C(O)[n+]1c2ccccc2cc2ccccc21.O=S(=O)([O-])F. The number of nitrogens with zero attached hydrogens (tertiary/aromatic N) is 1. The van der Waals surface area contributed by atoms with E-state index in [9.17, 15) is 13.8 Å². The molecule has 2 aromatic carbocycles. The van der Waals surface area contributed by atoms with Gasteiger partial charge in [0.25, 0.3) is 10.5 Å². The lowest BCUT2D eigenvalue weighted by Crippen LogP contribution is -2.42. The van der Waals surface area contributed by atoms with Gasteiger partial charge in [0.15, 0.2) is 0 Å². The van der Waals surface area contributed by atoms with Gasteiger partial charge in [-0.15, -0.1) is 3.89 Å². The van der Waals surface area contributed by atoms with Crippen molar-refractivity contribution in [2.45, 2.75) is 0 Å². The molecular formula is C14H10FNO5S. The Balaban J connectivity index is 0.000000309. The lowest BCUT2D eigenvalue weighted by atomic mass is 10.1. The van der Waals surface area contributed by atoms with Gasteiger partial charge in [-0.2, -0.15) is 4.79 Å². The zero-order valence-electron chi connectivity index (χ0n) is 11.0. The van der Waals surface area contributed by atoms with Gasteiger partial charge in [0, 0.05) is 22.9 Å². The summed E-state index contributed by atoms with van der Waals surface area (Å²) in [5.74, 6) is 0. The molecule has 0 amide bonds. The van der Waals surface area contributed by atoms with E-state index in [2.05, 4.69) is 0 Å². The molecule has 6 nitrogen and oxygen atoms in total. The van der Waals surface area contributed by atoms with Gasteiger partial charge < -0.3 is 9.66 Å². The first kappa shape index (κ1) is 15.8. The first-order valence-corrected chi connectivity index (χ1v) is 7.29. The summed E-state index contributed by atoms with van der Waals surface area (Å²) < 4.78 is 36.7. The first-order chi connectivity index (χ1) is 10.3. The van der Waals surface area contributed by atoms with Crippen LogP contribution in [0, 0.1) is 0 Å². The highest BCUT2D eigenvalue weighted by atomic mass is 32.3. The second-order valence-corrected chi connectivity index (χ2v) is 5.06. The van der Waals surface area contributed by atoms with Crippen molar-refractivity contribution in [3.63, 3.8) is 0 Å². The molecule has 0 fully saturated rings. The fraction of sp³-hybridized carbons (Fsp3) is 0. The second-order valence-electron chi connectivity index (χ2n) is 4.27. The molecule has 0 saturated heterocycles. The average molecular weight is 323 g/mol. The van der Waals surface area contributed by atoms with Crippen molar-refractivity contribution < 1.29 is 31.3 Å². The molecule has 0 aliphatic rings. The summed E-state index contributed by atoms with van der Waals surface area (Å²) in [4.78, 5) is 11.4. The van der Waals surface area contributed by atoms with E-state index < -0.39 is 16.6 Å². The topological polar surface area (TPSA) is 98.4 Å². The van der Waals surface area contributed by atoms with Gasteiger partial charge in [-0.1, -0.05) is 28.8 Å². The smallest absolute Gasteiger partial charge is 0.600 e. The van der Waals surface area contributed by atoms with Crippen molar-refractivity contribution in [1.82, 2.24) is 0 Å². The molecular weight excluding hydrogens is 313 g/mol. The van der Waals surface area contributed by atoms with Crippen LogP contribution in [-0.2, 0) is 10.5 Å². The van der Waals surface area contributed by atoms with E-state index in [1.54, 1.807) is 0 Å². The van der Waals surface area contributed by atoms with Gasteiger partial charge in [-0.25, -0.2) is 8.42 Å². The van der Waals surface area contributed by atoms with Crippen LogP contribution in [-0.4, -0.2) is 24.2 Å². The first-order valence-electron chi connectivity index (χ1n) is 5.98. The standard InChI is InChI=1S/C14H9NO2.FHO3S/c16-14(17)15-12-7-3-1-5-10(12)9-11-6-2-4-8-13(11)15;1-5(2,3)4/h1-9H;(H,2,3,4). The minimum atomic E-state index is -5.42. The molecule has 0 saturated carbocycles. The Morgan fingerprint density at radius 2 is 1.36 bits per heavy atom. The lowest BCUT2D eigenvalue weighted by Gasteiger charge is -2.00. The largest absolute Gasteiger partial charge is 0.722 e. The summed E-state index contributed by atoms with van der Waals surface area (Å²) >= 11 is 0. The normalized spacial score (nSPS) is 11.0. The van der Waals surface area contributed by atoms with Crippen molar-refractivity contribution in [3.8, 4) is 0 Å². The summed E-state index contributed by atoms with van der Waals surface area (Å²) in [6.07, 6.45) is -0.960. The van der Waals surface area contributed by atoms with Crippen LogP contribution in [0.1, 0.15) is 0 Å². The Morgan fingerprint density at radius 3 is 1.73 bits per heavy atom. The number of rotatable bonds is 0. The molecule has 1 N–H and O–H groups in total. The highest BCUT2D eigenvalue weighted by Gasteiger charge is 2.21. The summed E-state index contributed by atoms with van der Waals surface area (Å²) in [5.41, 5.74) is 1.41. The Bertz CT molecular complexity index is 894. The molecule has 114 valence electrons. The number of fused-ring (bicyclic) bond motifs is 2. The van der Waals surface area contributed by atoms with E-state index in [0.717, 1.165) is 10.8 Å². The van der Waals surface area contributed by atoms with Crippen LogP contribution in [0.3, 0.4) is 0 Å². The maximum atomic E-state index is 11.4. The number of para-hydroxylation sites is 2. The van der Waals surface area contributed by atoms with Crippen molar-refractivity contribution in [3.05, 3.63) is 54.6 Å². The third-order valence-electron chi connectivity index (χ3n) is 2.86. The third kappa shape index (κ3) is 3.74. The van der Waals surface area contributed by atoms with Gasteiger partial charge in [-0.05, 0) is 18.2 Å². The van der Waals surface area contributed by atoms with Gasteiger partial charge in [0.05, 0.1) is 0 Å². The Hall–Kier alpha value is -2.58. The molecule has 0 unspecified atom stereocenters. The average Bonchev–Trinajstić information content (AvgIpc) is 2.42. The quantitative estimate of drug-likeness (QED) is 0.296. The second kappa shape index (κ2) is 6.04. The Kier molecular flexibility index (Phi) is 4.34. The van der Waals surface area contributed by atoms with Crippen LogP contribution in [0.15, 0.2) is 54.6 Å². The monoisotopic (exact) mass is 323 g/mol. The molecule has 0 atom stereocenters. The maximum absolute atomic E-state index is 11.4. The minimum Gasteiger partial charge on any atom is -0.722 e. The van der Waals surface area contributed by atoms with Crippen molar-refractivity contribution in [2.75, 3.05) is 0 Å². The van der Waals surface area contributed by atoms with E-state index in [4.69, 9.17) is 13.0 Å². The molecule has 1 heterocycles. The minimum absolute atomic E-state index is 0.707. The van der Waals surface area contributed by atoms with Crippen molar-refractivity contribution in [1.29, 1.82) is 0 Å². The van der Waals surface area contributed by atoms with Gasteiger partial charge in [-0.3, -0.25) is 0 Å².